The molecular formula is C21H17F3N2O3S. The first-order valence-corrected chi connectivity index (χ1v) is 10.1. The van der Waals surface area contributed by atoms with Gasteiger partial charge in [-0.15, -0.1) is 24.5 Å². The minimum Gasteiger partial charge on any atom is -0.406 e. The highest BCUT2D eigenvalue weighted by atomic mass is 32.1. The molecule has 0 spiro atoms. The Kier molecular flexibility index (Phi) is 5.23. The largest absolute Gasteiger partial charge is 0.573 e. The number of thiazole rings is 1. The van der Waals surface area contributed by atoms with E-state index in [9.17, 15) is 22.8 Å². The Labute approximate surface area is 174 Å². The molecule has 0 aliphatic carbocycles. The van der Waals surface area contributed by atoms with Gasteiger partial charge in [-0.05, 0) is 54.8 Å². The van der Waals surface area contributed by atoms with E-state index in [2.05, 4.69) is 9.72 Å². The molecule has 30 heavy (non-hydrogen) atoms. The Hall–Kier alpha value is -2.94. The molecule has 5 nitrogen and oxygen atoms in total. The number of alkyl halides is 3. The molecule has 0 saturated carbocycles. The van der Waals surface area contributed by atoms with Crippen LogP contribution in [0.4, 0.5) is 13.2 Å². The number of ether oxygens (including phenoxy) is 1. The molecule has 4 rings (SSSR count). The number of benzene rings is 1. The van der Waals surface area contributed by atoms with Crippen molar-refractivity contribution < 1.29 is 27.5 Å². The van der Waals surface area contributed by atoms with Gasteiger partial charge in [0.2, 0.25) is 0 Å². The summed E-state index contributed by atoms with van der Waals surface area (Å²) < 4.78 is 42.5. The normalized spacial score (nSPS) is 16.4. The van der Waals surface area contributed by atoms with E-state index in [4.69, 9.17) is 0 Å². The van der Waals surface area contributed by atoms with E-state index in [-0.39, 0.29) is 23.7 Å². The summed E-state index contributed by atoms with van der Waals surface area (Å²) in [6.45, 7) is 1.89. The molecule has 0 N–H and O–H groups in total. The molecular weight excluding hydrogens is 417 g/mol. The minimum atomic E-state index is -4.73. The van der Waals surface area contributed by atoms with Crippen LogP contribution < -0.4 is 4.74 Å². The van der Waals surface area contributed by atoms with Crippen molar-refractivity contribution in [2.24, 2.45) is 0 Å². The molecule has 0 bridgehead atoms. The lowest BCUT2D eigenvalue weighted by Crippen LogP contribution is -2.28. The molecule has 9 heteroatoms. The predicted octanol–water partition coefficient (Wildman–Crippen LogP) is 5.15. The van der Waals surface area contributed by atoms with Crippen LogP contribution in [0.25, 0.3) is 10.4 Å². The van der Waals surface area contributed by atoms with Crippen LogP contribution >= 0.6 is 11.3 Å². The molecule has 156 valence electrons. The summed E-state index contributed by atoms with van der Waals surface area (Å²) in [5.41, 5.74) is 2.19. The lowest BCUT2D eigenvalue weighted by Gasteiger charge is -2.24. The van der Waals surface area contributed by atoms with E-state index < -0.39 is 12.4 Å². The maximum absolute atomic E-state index is 12.9. The van der Waals surface area contributed by atoms with Gasteiger partial charge in [0.15, 0.2) is 11.6 Å². The number of carbonyl (C=O) groups excluding carboxylic acids is 2. The zero-order valence-corrected chi connectivity index (χ0v) is 16.7. The predicted molar refractivity (Wildman–Crippen MR) is 105 cm³/mol. The zero-order valence-electron chi connectivity index (χ0n) is 15.9. The number of ketones is 2. The lowest BCUT2D eigenvalue weighted by molar-refractivity contribution is -0.274. The summed E-state index contributed by atoms with van der Waals surface area (Å²) in [7, 11) is 0. The van der Waals surface area contributed by atoms with E-state index in [1.807, 2.05) is 13.1 Å². The summed E-state index contributed by atoms with van der Waals surface area (Å²) in [6.07, 6.45) is -0.362. The van der Waals surface area contributed by atoms with Crippen molar-refractivity contribution in [3.63, 3.8) is 0 Å². The second-order valence-electron chi connectivity index (χ2n) is 7.12. The van der Waals surface area contributed by atoms with Crippen molar-refractivity contribution in [2.45, 2.75) is 38.6 Å². The van der Waals surface area contributed by atoms with Gasteiger partial charge in [-0.1, -0.05) is 0 Å². The highest BCUT2D eigenvalue weighted by molar-refractivity contribution is 7.15. The zero-order chi connectivity index (χ0) is 21.5. The Morgan fingerprint density at radius 3 is 2.73 bits per heavy atom. The Bertz CT molecular complexity index is 1100. The average Bonchev–Trinajstić information content (AvgIpc) is 3.28. The highest BCUT2D eigenvalue weighted by Crippen LogP contribution is 2.32. The van der Waals surface area contributed by atoms with Crippen molar-refractivity contribution >= 4 is 22.9 Å². The molecule has 2 aromatic heterocycles. The molecule has 0 amide bonds. The van der Waals surface area contributed by atoms with Crippen molar-refractivity contribution in [1.82, 2.24) is 9.55 Å². The fourth-order valence-electron chi connectivity index (χ4n) is 3.56. The van der Waals surface area contributed by atoms with E-state index >= 15 is 0 Å². The van der Waals surface area contributed by atoms with Crippen molar-refractivity contribution in [3.05, 3.63) is 59.0 Å². The number of carbonyl (C=O) groups is 2. The summed E-state index contributed by atoms with van der Waals surface area (Å²) in [5, 5.41) is 0.618. The molecule has 3 heterocycles. The van der Waals surface area contributed by atoms with Gasteiger partial charge in [-0.2, -0.15) is 0 Å². The molecule has 0 saturated heterocycles. The molecule has 0 radical (unpaired) electrons. The summed E-state index contributed by atoms with van der Waals surface area (Å²) in [6, 6.07) is 6.92. The minimum absolute atomic E-state index is 0.0193. The summed E-state index contributed by atoms with van der Waals surface area (Å²) >= 11 is 1.31. The number of aryl methyl sites for hydroxylation is 1. The lowest BCUT2D eigenvalue weighted by atomic mass is 9.97. The number of hydrogen-bond donors (Lipinski definition) is 0. The van der Waals surface area contributed by atoms with E-state index in [0.717, 1.165) is 10.4 Å². The van der Waals surface area contributed by atoms with E-state index in [0.29, 0.717) is 29.1 Å². The van der Waals surface area contributed by atoms with Gasteiger partial charge in [0.1, 0.15) is 10.8 Å². The number of aromatic nitrogens is 2. The Morgan fingerprint density at radius 2 is 2.03 bits per heavy atom. The highest BCUT2D eigenvalue weighted by Gasteiger charge is 2.31. The van der Waals surface area contributed by atoms with Crippen molar-refractivity contribution in [3.8, 4) is 16.2 Å². The van der Waals surface area contributed by atoms with Crippen LogP contribution in [0.1, 0.15) is 39.9 Å². The van der Waals surface area contributed by atoms with Gasteiger partial charge in [0.25, 0.3) is 0 Å². The molecule has 1 atom stereocenters. The quantitative estimate of drug-likeness (QED) is 0.557. The maximum atomic E-state index is 12.9. The van der Waals surface area contributed by atoms with E-state index in [1.54, 1.807) is 16.8 Å². The Morgan fingerprint density at radius 1 is 1.30 bits per heavy atom. The first-order chi connectivity index (χ1) is 14.2. The first kappa shape index (κ1) is 20.3. The van der Waals surface area contributed by atoms with Crippen molar-refractivity contribution in [1.29, 1.82) is 0 Å². The van der Waals surface area contributed by atoms with Gasteiger partial charge >= 0.3 is 6.36 Å². The fraction of sp³-hybridized carbons (Fsp3) is 0.286. The number of nitrogens with zero attached hydrogens (tertiary/aromatic N) is 2. The standard InChI is InChI=1S/C21H17F3N2O3S/c1-12-8-16-17(27)7-6-15(26(16)11-12)18(28)9-20-25-10-19(30-20)13-2-4-14(5-3-13)29-21(22,23)24/h2-5,8,10-11,15H,6-7,9H2,1H3. The van der Waals surface area contributed by atoms with Crippen LogP contribution in [0.3, 0.4) is 0 Å². The topological polar surface area (TPSA) is 61.2 Å². The van der Waals surface area contributed by atoms with Crippen molar-refractivity contribution in [2.75, 3.05) is 0 Å². The summed E-state index contributed by atoms with van der Waals surface area (Å²) in [5.74, 6) is -0.272. The van der Waals surface area contributed by atoms with Gasteiger partial charge in [0, 0.05) is 18.8 Å². The third-order valence-corrected chi connectivity index (χ3v) is 5.92. The molecule has 1 aliphatic heterocycles. The summed E-state index contributed by atoms with van der Waals surface area (Å²) in [4.78, 5) is 30.0. The molecule has 3 aromatic rings. The second kappa shape index (κ2) is 7.71. The monoisotopic (exact) mass is 434 g/mol. The smallest absolute Gasteiger partial charge is 0.406 e. The molecule has 0 fully saturated rings. The van der Waals surface area contributed by atoms with Gasteiger partial charge < -0.3 is 9.30 Å². The van der Waals surface area contributed by atoms with Gasteiger partial charge in [-0.3, -0.25) is 9.59 Å². The second-order valence-corrected chi connectivity index (χ2v) is 8.24. The number of rotatable bonds is 5. The third kappa shape index (κ3) is 4.30. The molecule has 1 aromatic carbocycles. The van der Waals surface area contributed by atoms with Crippen LogP contribution in [0.15, 0.2) is 42.7 Å². The molecule has 1 aliphatic rings. The van der Waals surface area contributed by atoms with Gasteiger partial charge in [-0.25, -0.2) is 4.98 Å². The number of halogens is 3. The van der Waals surface area contributed by atoms with Crippen LogP contribution in [-0.4, -0.2) is 27.5 Å². The van der Waals surface area contributed by atoms with Crippen LogP contribution in [0, 0.1) is 6.92 Å². The van der Waals surface area contributed by atoms with Crippen LogP contribution in [-0.2, 0) is 11.2 Å². The third-order valence-electron chi connectivity index (χ3n) is 4.87. The van der Waals surface area contributed by atoms with Gasteiger partial charge in [0.05, 0.1) is 23.0 Å². The number of Topliss-reactive ketones (excluding diaryl/α,β-unsaturated/α-hetero) is 2. The SMILES string of the molecule is Cc1cc2n(c1)C(C(=O)Cc1ncc(-c3ccc(OC(F)(F)F)cc3)s1)CCC2=O. The van der Waals surface area contributed by atoms with Crippen LogP contribution in [0.5, 0.6) is 5.75 Å². The molecule has 1 unspecified atom stereocenters. The number of hydrogen-bond acceptors (Lipinski definition) is 5. The number of fused-ring (bicyclic) bond motifs is 1. The van der Waals surface area contributed by atoms with E-state index in [1.165, 1.54) is 35.6 Å². The maximum Gasteiger partial charge on any atom is 0.573 e. The fourth-order valence-corrected chi connectivity index (χ4v) is 4.50. The van der Waals surface area contributed by atoms with Crippen LogP contribution in [0.2, 0.25) is 0 Å². The Balaban J connectivity index is 1.47. The first-order valence-electron chi connectivity index (χ1n) is 9.25. The average molecular weight is 434 g/mol.